The number of nitrogen functional groups attached to an aromatic ring is 1. The molecule has 4 heteroatoms. The van der Waals surface area contributed by atoms with Crippen molar-refractivity contribution in [1.29, 1.82) is 0 Å². The minimum atomic E-state index is -0.216. The molecule has 18 heavy (non-hydrogen) atoms. The van der Waals surface area contributed by atoms with Crippen molar-refractivity contribution in [1.82, 2.24) is 4.98 Å². The number of H-pyrrole nitrogens is 1. The SMILES string of the molecule is COc1cc(C)cc(C)c1-c1cc(N)[nH]c(=O)c1. The third-order valence-electron chi connectivity index (χ3n) is 2.82. The first kappa shape index (κ1) is 12.2. The Labute approximate surface area is 105 Å². The molecular formula is C14H16N2O2. The van der Waals surface area contributed by atoms with Crippen LogP contribution in [0.1, 0.15) is 11.1 Å². The molecule has 0 unspecified atom stereocenters. The van der Waals surface area contributed by atoms with E-state index in [-0.39, 0.29) is 5.56 Å². The molecule has 0 aliphatic rings. The fourth-order valence-electron chi connectivity index (χ4n) is 2.17. The minimum Gasteiger partial charge on any atom is -0.496 e. The molecule has 94 valence electrons. The maximum atomic E-state index is 11.5. The van der Waals surface area contributed by atoms with Gasteiger partial charge in [0.1, 0.15) is 11.6 Å². The maximum absolute atomic E-state index is 11.5. The number of nitrogens with one attached hydrogen (secondary N) is 1. The van der Waals surface area contributed by atoms with Crippen molar-refractivity contribution in [2.24, 2.45) is 0 Å². The van der Waals surface area contributed by atoms with Gasteiger partial charge < -0.3 is 15.5 Å². The Morgan fingerprint density at radius 2 is 1.89 bits per heavy atom. The van der Waals surface area contributed by atoms with Crippen LogP contribution in [0.25, 0.3) is 11.1 Å². The van der Waals surface area contributed by atoms with Crippen molar-refractivity contribution >= 4 is 5.82 Å². The van der Waals surface area contributed by atoms with E-state index in [4.69, 9.17) is 10.5 Å². The van der Waals surface area contributed by atoms with Crippen LogP contribution in [0.3, 0.4) is 0 Å². The molecule has 0 atom stereocenters. The molecule has 3 N–H and O–H groups in total. The third-order valence-corrected chi connectivity index (χ3v) is 2.82. The zero-order chi connectivity index (χ0) is 13.3. The second-order valence-corrected chi connectivity index (χ2v) is 4.35. The summed E-state index contributed by atoms with van der Waals surface area (Å²) < 4.78 is 5.39. The van der Waals surface area contributed by atoms with Gasteiger partial charge >= 0.3 is 0 Å². The van der Waals surface area contributed by atoms with Gasteiger partial charge in [0.05, 0.1) is 7.11 Å². The number of hydrogen-bond acceptors (Lipinski definition) is 3. The highest BCUT2D eigenvalue weighted by molar-refractivity contribution is 5.75. The summed E-state index contributed by atoms with van der Waals surface area (Å²) in [4.78, 5) is 14.0. The van der Waals surface area contributed by atoms with Gasteiger partial charge in [-0.2, -0.15) is 0 Å². The van der Waals surface area contributed by atoms with Crippen molar-refractivity contribution in [2.45, 2.75) is 13.8 Å². The minimum absolute atomic E-state index is 0.216. The summed E-state index contributed by atoms with van der Waals surface area (Å²) >= 11 is 0. The highest BCUT2D eigenvalue weighted by Gasteiger charge is 2.11. The van der Waals surface area contributed by atoms with Crippen molar-refractivity contribution < 1.29 is 4.74 Å². The number of aromatic amines is 1. The smallest absolute Gasteiger partial charge is 0.250 e. The summed E-state index contributed by atoms with van der Waals surface area (Å²) in [5, 5.41) is 0. The quantitative estimate of drug-likeness (QED) is 0.851. The molecule has 0 spiro atoms. The normalized spacial score (nSPS) is 10.4. The maximum Gasteiger partial charge on any atom is 0.250 e. The molecule has 4 nitrogen and oxygen atoms in total. The van der Waals surface area contributed by atoms with Gasteiger partial charge in [-0.15, -0.1) is 0 Å². The topological polar surface area (TPSA) is 68.1 Å². The molecule has 0 saturated carbocycles. The van der Waals surface area contributed by atoms with Gasteiger partial charge in [-0.3, -0.25) is 4.79 Å². The van der Waals surface area contributed by atoms with Gasteiger partial charge in [0, 0.05) is 11.6 Å². The highest BCUT2D eigenvalue weighted by atomic mass is 16.5. The molecule has 0 radical (unpaired) electrons. The number of aryl methyl sites for hydroxylation is 2. The Hall–Kier alpha value is -2.23. The van der Waals surface area contributed by atoms with Crippen LogP contribution in [0.2, 0.25) is 0 Å². The molecular weight excluding hydrogens is 228 g/mol. The number of rotatable bonds is 2. The van der Waals surface area contributed by atoms with Gasteiger partial charge in [0.2, 0.25) is 5.56 Å². The van der Waals surface area contributed by atoms with E-state index in [0.717, 1.165) is 28.0 Å². The number of anilines is 1. The summed E-state index contributed by atoms with van der Waals surface area (Å²) in [6, 6.07) is 7.26. The molecule has 0 amide bonds. The van der Waals surface area contributed by atoms with Crippen molar-refractivity contribution in [3.8, 4) is 16.9 Å². The van der Waals surface area contributed by atoms with Crippen LogP contribution in [-0.4, -0.2) is 12.1 Å². The Morgan fingerprint density at radius 3 is 2.50 bits per heavy atom. The fourth-order valence-corrected chi connectivity index (χ4v) is 2.17. The first-order chi connectivity index (χ1) is 8.51. The third kappa shape index (κ3) is 2.22. The largest absolute Gasteiger partial charge is 0.496 e. The predicted molar refractivity (Wildman–Crippen MR) is 72.9 cm³/mol. The van der Waals surface area contributed by atoms with Crippen LogP contribution in [0.4, 0.5) is 5.82 Å². The van der Waals surface area contributed by atoms with Gasteiger partial charge in [-0.05, 0) is 42.7 Å². The lowest BCUT2D eigenvalue weighted by Crippen LogP contribution is -2.08. The van der Waals surface area contributed by atoms with Crippen LogP contribution in [-0.2, 0) is 0 Å². The molecule has 1 aromatic carbocycles. The number of aromatic nitrogens is 1. The van der Waals surface area contributed by atoms with E-state index in [1.807, 2.05) is 19.9 Å². The molecule has 0 aliphatic carbocycles. The number of benzene rings is 1. The monoisotopic (exact) mass is 244 g/mol. The van der Waals surface area contributed by atoms with Gasteiger partial charge in [-0.1, -0.05) is 6.07 Å². The van der Waals surface area contributed by atoms with E-state index in [0.29, 0.717) is 5.82 Å². The predicted octanol–water partition coefficient (Wildman–Crippen LogP) is 2.25. The number of methoxy groups -OCH3 is 1. The molecule has 0 aliphatic heterocycles. The number of hydrogen-bond donors (Lipinski definition) is 2. The number of nitrogens with two attached hydrogens (primary N) is 1. The van der Waals surface area contributed by atoms with E-state index in [2.05, 4.69) is 11.1 Å². The summed E-state index contributed by atoms with van der Waals surface area (Å²) in [7, 11) is 1.62. The second-order valence-electron chi connectivity index (χ2n) is 4.35. The van der Waals surface area contributed by atoms with E-state index in [1.54, 1.807) is 13.2 Å². The average molecular weight is 244 g/mol. The van der Waals surface area contributed by atoms with Crippen molar-refractivity contribution in [2.75, 3.05) is 12.8 Å². The summed E-state index contributed by atoms with van der Waals surface area (Å²) in [5.74, 6) is 1.09. The Bertz CT molecular complexity index is 645. The zero-order valence-corrected chi connectivity index (χ0v) is 10.7. The van der Waals surface area contributed by atoms with Crippen molar-refractivity contribution in [3.63, 3.8) is 0 Å². The van der Waals surface area contributed by atoms with Crippen LogP contribution in [0.5, 0.6) is 5.75 Å². The first-order valence-corrected chi connectivity index (χ1v) is 5.66. The molecule has 0 saturated heterocycles. The van der Waals surface area contributed by atoms with Crippen LogP contribution < -0.4 is 16.0 Å². The molecule has 2 rings (SSSR count). The Kier molecular flexibility index (Phi) is 3.10. The van der Waals surface area contributed by atoms with E-state index in [1.165, 1.54) is 6.07 Å². The Morgan fingerprint density at radius 1 is 1.17 bits per heavy atom. The number of pyridine rings is 1. The lowest BCUT2D eigenvalue weighted by Gasteiger charge is -2.13. The Balaban J connectivity index is 2.73. The standard InChI is InChI=1S/C14H16N2O2/c1-8-4-9(2)14(11(5-8)18-3)10-6-12(15)16-13(17)7-10/h4-7H,1-3H3,(H3,15,16,17). The van der Waals surface area contributed by atoms with Crippen LogP contribution in [0, 0.1) is 13.8 Å². The summed E-state index contributed by atoms with van der Waals surface area (Å²) in [6.45, 7) is 3.99. The van der Waals surface area contributed by atoms with Crippen molar-refractivity contribution in [3.05, 3.63) is 45.7 Å². The lowest BCUT2D eigenvalue weighted by molar-refractivity contribution is 0.416. The lowest BCUT2D eigenvalue weighted by atomic mass is 9.98. The molecule has 0 fully saturated rings. The molecule has 1 heterocycles. The van der Waals surface area contributed by atoms with E-state index in [9.17, 15) is 4.79 Å². The summed E-state index contributed by atoms with van der Waals surface area (Å²) in [6.07, 6.45) is 0. The molecule has 1 aromatic heterocycles. The number of ether oxygens (including phenoxy) is 1. The molecule has 2 aromatic rings. The summed E-state index contributed by atoms with van der Waals surface area (Å²) in [5.41, 5.74) is 9.30. The van der Waals surface area contributed by atoms with Gasteiger partial charge in [0.15, 0.2) is 0 Å². The van der Waals surface area contributed by atoms with Crippen LogP contribution >= 0.6 is 0 Å². The second kappa shape index (κ2) is 4.56. The van der Waals surface area contributed by atoms with Crippen LogP contribution in [0.15, 0.2) is 29.1 Å². The zero-order valence-electron chi connectivity index (χ0n) is 10.7. The van der Waals surface area contributed by atoms with E-state index >= 15 is 0 Å². The average Bonchev–Trinajstić information content (AvgIpc) is 2.26. The van der Waals surface area contributed by atoms with E-state index < -0.39 is 0 Å². The first-order valence-electron chi connectivity index (χ1n) is 5.66. The highest BCUT2D eigenvalue weighted by Crippen LogP contribution is 2.34. The van der Waals surface area contributed by atoms with Gasteiger partial charge in [-0.25, -0.2) is 0 Å². The van der Waals surface area contributed by atoms with Gasteiger partial charge in [0.25, 0.3) is 0 Å². The molecule has 0 bridgehead atoms. The fraction of sp³-hybridized carbons (Fsp3) is 0.214.